The molecule has 22 aromatic rings. The maximum Gasteiger partial charge on any atom is 0.489 e. The average Bonchev–Trinajstić information content (AvgIpc) is 0.741. The second-order valence-electron chi connectivity index (χ2n) is 29.3. The molecule has 6 heterocycles. The molecule has 0 fully saturated rings. The molecule has 0 amide bonds. The lowest BCUT2D eigenvalue weighted by Crippen LogP contribution is -2.30. The third-order valence-corrected chi connectivity index (χ3v) is 21.9. The fourth-order valence-electron chi connectivity index (χ4n) is 15.9. The van der Waals surface area contributed by atoms with E-state index in [1.54, 1.807) is 18.2 Å². The highest BCUT2D eigenvalue weighted by Gasteiger charge is 2.24. The average molecular weight is 1560 g/mol. The summed E-state index contributed by atoms with van der Waals surface area (Å²) < 4.78 is 0. The van der Waals surface area contributed by atoms with Crippen LogP contribution in [0.1, 0.15) is 0 Å². The first-order valence-electron chi connectivity index (χ1n) is 39.6. The van der Waals surface area contributed by atoms with Crippen molar-refractivity contribution in [3.63, 3.8) is 0 Å². The van der Waals surface area contributed by atoms with Gasteiger partial charge in [-0.15, -0.1) is 0 Å². The molecular weight excluding hydrogens is 1490 g/mol. The van der Waals surface area contributed by atoms with Crippen molar-refractivity contribution >= 4 is 88.8 Å². The largest absolute Gasteiger partial charge is 0.489 e. The van der Waals surface area contributed by atoms with Crippen LogP contribution in [0.15, 0.2) is 400 Å². The van der Waals surface area contributed by atoms with E-state index < -0.39 is 7.12 Å². The van der Waals surface area contributed by atoms with Gasteiger partial charge in [-0.05, 0) is 130 Å². The monoisotopic (exact) mass is 1560 g/mol. The quantitative estimate of drug-likeness (QED) is 0.0782. The van der Waals surface area contributed by atoms with E-state index in [9.17, 15) is 10.0 Å². The standard InChI is InChI=1S/C53H33N5.C37H24ClN5.C16H11BO2/c1-5-14-34(15-6-1)44-32-45(35-16-7-2-8-17-35)56-52(55-44)48-30-41(42-28-26-40-25-24-38-22-13-23-39-27-29-43(42)51(40)50(38)39)31-49(54-48)53-57-46(36-18-9-3-10-19-36)33-47(58-53)37-20-11-4-12-21-37;38-29-21-34(36-40-30(25-13-5-1-6-14-25)23-31(41-36)26-15-7-2-8-16-26)39-35(22-29)37-42-32(27-17-9-3-10-18-27)24-33(43-37)28-19-11-4-12-20-28;18-17(19)14-9-7-12-5-4-10-2-1-3-11-6-8-13(14)16(12)15(10)11/h1-33H;1-24H;1-9,18-19H. The van der Waals surface area contributed by atoms with E-state index >= 15 is 0 Å². The summed E-state index contributed by atoms with van der Waals surface area (Å²) >= 11 is 6.73. The van der Waals surface area contributed by atoms with Crippen LogP contribution in [0.4, 0.5) is 0 Å². The summed E-state index contributed by atoms with van der Waals surface area (Å²) in [7, 11) is -1.44. The second kappa shape index (κ2) is 32.3. The second-order valence-corrected chi connectivity index (χ2v) is 29.7. The number of benzene rings is 16. The molecule has 0 spiro atoms. The normalized spacial score (nSPS) is 11.3. The van der Waals surface area contributed by atoms with E-state index in [4.69, 9.17) is 61.4 Å². The molecule has 14 heteroatoms. The Morgan fingerprint density at radius 2 is 0.417 bits per heavy atom. The van der Waals surface area contributed by atoms with Crippen molar-refractivity contribution in [2.24, 2.45) is 0 Å². The molecule has 0 bridgehead atoms. The van der Waals surface area contributed by atoms with Crippen LogP contribution >= 0.6 is 11.6 Å². The summed E-state index contributed by atoms with van der Waals surface area (Å²) in [5, 5.41) is 33.6. The van der Waals surface area contributed by atoms with Crippen molar-refractivity contribution < 1.29 is 10.0 Å². The summed E-state index contributed by atoms with van der Waals surface area (Å²) in [6.07, 6.45) is 0. The minimum atomic E-state index is -1.44. The number of aromatic nitrogens is 10. The Bertz CT molecular complexity index is 6950. The SMILES string of the molecule is Clc1cc(-c2nc(-c3ccccc3)cc(-c3ccccc3)n2)nc(-c2nc(-c3ccccc3)cc(-c3ccccc3)n2)c1.OB(O)c1ccc2ccc3cccc4ccc1c2c34.c1ccc(-c2cc(-c3ccccc3)nc(-c3cc(-c4ccc5ccc6cccc7ccc4c5c67)cc(-c4nc(-c5ccccc5)cc(-c5ccccc5)n4)n3)n2)cc1. The molecular formula is C106H68BClN10O2. The zero-order valence-electron chi connectivity index (χ0n) is 64.4. The van der Waals surface area contributed by atoms with Crippen molar-refractivity contribution in [3.05, 3.63) is 405 Å². The van der Waals surface area contributed by atoms with Crippen molar-refractivity contribution in [1.29, 1.82) is 0 Å². The molecule has 0 saturated heterocycles. The van der Waals surface area contributed by atoms with Gasteiger partial charge in [-0.1, -0.05) is 363 Å². The van der Waals surface area contributed by atoms with Crippen molar-refractivity contribution in [2.75, 3.05) is 0 Å². The summed E-state index contributed by atoms with van der Waals surface area (Å²) in [6, 6.07) is 135. The summed E-state index contributed by atoms with van der Waals surface area (Å²) in [5.41, 5.74) is 19.3. The Balaban J connectivity index is 0.000000129. The van der Waals surface area contributed by atoms with Gasteiger partial charge in [0.05, 0.1) is 45.6 Å². The number of halogens is 1. The fourth-order valence-corrected chi connectivity index (χ4v) is 16.1. The van der Waals surface area contributed by atoms with Crippen molar-refractivity contribution in [2.45, 2.75) is 0 Å². The molecule has 0 aliphatic carbocycles. The molecule has 0 unspecified atom stereocenters. The van der Waals surface area contributed by atoms with Crippen molar-refractivity contribution in [1.82, 2.24) is 49.8 Å². The minimum Gasteiger partial charge on any atom is -0.423 e. The molecule has 0 aliphatic heterocycles. The third kappa shape index (κ3) is 14.9. The Kier molecular flexibility index (Phi) is 19.7. The van der Waals surface area contributed by atoms with Crippen LogP contribution in [-0.2, 0) is 0 Å². The van der Waals surface area contributed by atoms with Gasteiger partial charge in [-0.25, -0.2) is 49.8 Å². The predicted molar refractivity (Wildman–Crippen MR) is 490 cm³/mol. The highest BCUT2D eigenvalue weighted by Crippen LogP contribution is 2.43. The van der Waals surface area contributed by atoms with Gasteiger partial charge < -0.3 is 10.0 Å². The van der Waals surface area contributed by atoms with E-state index in [-0.39, 0.29) is 0 Å². The van der Waals surface area contributed by atoms with E-state index in [1.807, 2.05) is 231 Å². The van der Waals surface area contributed by atoms with Crippen molar-refractivity contribution in [3.8, 4) is 147 Å². The lowest BCUT2D eigenvalue weighted by molar-refractivity contribution is 0.426. The number of rotatable bonds is 14. The van der Waals surface area contributed by atoms with E-state index in [0.29, 0.717) is 56.6 Å². The predicted octanol–water partition coefficient (Wildman–Crippen LogP) is 24.8. The number of pyridine rings is 2. The molecule has 16 aromatic carbocycles. The molecule has 12 nitrogen and oxygen atoms in total. The smallest absolute Gasteiger partial charge is 0.423 e. The van der Waals surface area contributed by atoms with E-state index in [1.165, 1.54) is 43.1 Å². The highest BCUT2D eigenvalue weighted by atomic mass is 35.5. The summed E-state index contributed by atoms with van der Waals surface area (Å²) in [6.45, 7) is 0. The Morgan fingerprint density at radius 3 is 0.700 bits per heavy atom. The Labute approximate surface area is 696 Å². The molecule has 0 radical (unpaired) electrons. The molecule has 120 heavy (non-hydrogen) atoms. The molecule has 0 atom stereocenters. The van der Waals surface area contributed by atoms with E-state index in [2.05, 4.69) is 152 Å². The summed E-state index contributed by atoms with van der Waals surface area (Å²) in [5.74, 6) is 1.96. The van der Waals surface area contributed by atoms with Gasteiger partial charge in [0.25, 0.3) is 0 Å². The maximum absolute atomic E-state index is 9.51. The van der Waals surface area contributed by atoms with Gasteiger partial charge in [-0.2, -0.15) is 0 Å². The fraction of sp³-hybridized carbons (Fsp3) is 0. The van der Waals surface area contributed by atoms with Crippen LogP contribution in [-0.4, -0.2) is 67.0 Å². The number of hydrogen-bond acceptors (Lipinski definition) is 12. The lowest BCUT2D eigenvalue weighted by atomic mass is 9.75. The molecule has 0 aliphatic rings. The first-order valence-corrected chi connectivity index (χ1v) is 40.0. The van der Waals surface area contributed by atoms with Crippen LogP contribution in [0.2, 0.25) is 5.02 Å². The number of hydrogen-bond donors (Lipinski definition) is 2. The van der Waals surface area contributed by atoms with Gasteiger partial charge in [0.15, 0.2) is 23.3 Å². The van der Waals surface area contributed by atoms with Crippen LogP contribution < -0.4 is 5.46 Å². The molecule has 6 aromatic heterocycles. The van der Waals surface area contributed by atoms with Crippen LogP contribution in [0.3, 0.4) is 0 Å². The maximum atomic E-state index is 9.51. The highest BCUT2D eigenvalue weighted by molar-refractivity contribution is 6.62. The van der Waals surface area contributed by atoms with E-state index in [0.717, 1.165) is 123 Å². The first kappa shape index (κ1) is 73.4. The number of nitrogens with zero attached hydrogens (tertiary/aromatic N) is 10. The summed E-state index contributed by atoms with van der Waals surface area (Å²) in [4.78, 5) is 50.9. The minimum absolute atomic E-state index is 0.464. The van der Waals surface area contributed by atoms with Crippen LogP contribution in [0.5, 0.6) is 0 Å². The molecule has 0 saturated carbocycles. The topological polar surface area (TPSA) is 169 Å². The van der Waals surface area contributed by atoms with Gasteiger partial charge >= 0.3 is 7.12 Å². The Hall–Kier alpha value is -15.5. The van der Waals surface area contributed by atoms with Crippen LogP contribution in [0.25, 0.3) is 212 Å². The molecule has 564 valence electrons. The third-order valence-electron chi connectivity index (χ3n) is 21.7. The van der Waals surface area contributed by atoms with Gasteiger partial charge in [0.1, 0.15) is 22.8 Å². The lowest BCUT2D eigenvalue weighted by Gasteiger charge is -2.16. The van der Waals surface area contributed by atoms with Gasteiger partial charge in [-0.3, -0.25) is 0 Å². The molecule has 22 rings (SSSR count). The zero-order chi connectivity index (χ0) is 80.4. The first-order chi connectivity index (χ1) is 59.2. The van der Waals surface area contributed by atoms with Gasteiger partial charge in [0, 0.05) is 49.5 Å². The zero-order valence-corrected chi connectivity index (χ0v) is 65.2. The molecule has 2 N–H and O–H groups in total. The Morgan fingerprint density at radius 1 is 0.183 bits per heavy atom. The van der Waals surface area contributed by atoms with Crippen LogP contribution in [0, 0.1) is 0 Å². The van der Waals surface area contributed by atoms with Gasteiger partial charge in [0.2, 0.25) is 0 Å².